The summed E-state index contributed by atoms with van der Waals surface area (Å²) in [5.41, 5.74) is 2.84. The molecule has 0 aliphatic carbocycles. The summed E-state index contributed by atoms with van der Waals surface area (Å²) in [5.74, 6) is 7.13. The number of para-hydroxylation sites is 1. The summed E-state index contributed by atoms with van der Waals surface area (Å²) in [6.07, 6.45) is 3.51. The molecule has 2 unspecified atom stereocenters. The molecule has 0 heterocycles. The van der Waals surface area contributed by atoms with Crippen LogP contribution in [0, 0.1) is 5.92 Å². The van der Waals surface area contributed by atoms with Crippen LogP contribution in [0.3, 0.4) is 0 Å². The molecule has 0 saturated carbocycles. The Balaban J connectivity index is 2.32. The van der Waals surface area contributed by atoms with Gasteiger partial charge in [-0.2, -0.15) is 0 Å². The molecule has 0 spiro atoms. The first-order valence-corrected chi connectivity index (χ1v) is 6.40. The van der Waals surface area contributed by atoms with Gasteiger partial charge in [0.05, 0.1) is 6.04 Å². The molecule has 3 heteroatoms. The van der Waals surface area contributed by atoms with Crippen molar-refractivity contribution in [3.63, 3.8) is 0 Å². The van der Waals surface area contributed by atoms with Crippen LogP contribution in [0.4, 0.5) is 0 Å². The number of hydrogen-bond donors (Lipinski definition) is 2. The molecule has 0 amide bonds. The smallest absolute Gasteiger partial charge is 0.119 e. The normalized spacial score (nSPS) is 14.3. The summed E-state index contributed by atoms with van der Waals surface area (Å²) < 4.78 is 5.70. The molecular formula is C14H24N2O. The molecule has 1 rings (SSSR count). The van der Waals surface area contributed by atoms with E-state index in [4.69, 9.17) is 10.6 Å². The fourth-order valence-corrected chi connectivity index (χ4v) is 1.99. The van der Waals surface area contributed by atoms with E-state index in [9.17, 15) is 0 Å². The molecule has 96 valence electrons. The van der Waals surface area contributed by atoms with Crippen LogP contribution in [0.2, 0.25) is 0 Å². The van der Waals surface area contributed by atoms with Crippen molar-refractivity contribution in [2.45, 2.75) is 39.2 Å². The zero-order valence-electron chi connectivity index (χ0n) is 10.9. The van der Waals surface area contributed by atoms with Crippen LogP contribution in [0.15, 0.2) is 30.3 Å². The Morgan fingerprint density at radius 2 is 2.00 bits per heavy atom. The number of hydrogen-bond acceptors (Lipinski definition) is 3. The van der Waals surface area contributed by atoms with Crippen LogP contribution in [0.25, 0.3) is 0 Å². The highest BCUT2D eigenvalue weighted by Crippen LogP contribution is 2.14. The summed E-state index contributed by atoms with van der Waals surface area (Å²) in [7, 11) is 0. The van der Waals surface area contributed by atoms with Crippen molar-refractivity contribution in [3.05, 3.63) is 30.3 Å². The first-order chi connectivity index (χ1) is 8.26. The average molecular weight is 236 g/mol. The fraction of sp³-hybridized carbons (Fsp3) is 0.571. The Morgan fingerprint density at radius 3 is 2.59 bits per heavy atom. The van der Waals surface area contributed by atoms with E-state index in [0.29, 0.717) is 12.5 Å². The molecule has 0 radical (unpaired) electrons. The standard InChI is InChI=1S/C14H24N2O/c1-3-7-12(2)10-13(16-15)11-17-14-8-5-4-6-9-14/h4-6,8-9,12-13,16H,3,7,10-11,15H2,1-2H3. The quantitative estimate of drug-likeness (QED) is 0.539. The van der Waals surface area contributed by atoms with Crippen molar-refractivity contribution in [1.82, 2.24) is 5.43 Å². The van der Waals surface area contributed by atoms with Crippen molar-refractivity contribution in [2.24, 2.45) is 11.8 Å². The van der Waals surface area contributed by atoms with E-state index in [2.05, 4.69) is 19.3 Å². The van der Waals surface area contributed by atoms with Gasteiger partial charge in [0.15, 0.2) is 0 Å². The Labute approximate surface area is 104 Å². The largest absolute Gasteiger partial charge is 0.492 e. The second-order valence-electron chi connectivity index (χ2n) is 4.62. The Morgan fingerprint density at radius 1 is 1.29 bits per heavy atom. The summed E-state index contributed by atoms with van der Waals surface area (Å²) >= 11 is 0. The zero-order valence-corrected chi connectivity index (χ0v) is 10.9. The highest BCUT2D eigenvalue weighted by molar-refractivity contribution is 5.20. The van der Waals surface area contributed by atoms with Gasteiger partial charge in [0.2, 0.25) is 0 Å². The van der Waals surface area contributed by atoms with Crippen molar-refractivity contribution in [1.29, 1.82) is 0 Å². The predicted molar refractivity (Wildman–Crippen MR) is 71.7 cm³/mol. The van der Waals surface area contributed by atoms with Crippen LogP contribution in [0.1, 0.15) is 33.1 Å². The SMILES string of the molecule is CCCC(C)CC(COc1ccccc1)NN. The lowest BCUT2D eigenvalue weighted by Gasteiger charge is -2.20. The third-order valence-electron chi connectivity index (χ3n) is 2.90. The van der Waals surface area contributed by atoms with Gasteiger partial charge in [0, 0.05) is 0 Å². The average Bonchev–Trinajstić information content (AvgIpc) is 2.36. The maximum Gasteiger partial charge on any atom is 0.119 e. The van der Waals surface area contributed by atoms with Crippen LogP contribution in [-0.2, 0) is 0 Å². The van der Waals surface area contributed by atoms with E-state index in [-0.39, 0.29) is 6.04 Å². The molecule has 1 aromatic rings. The van der Waals surface area contributed by atoms with Crippen LogP contribution in [0.5, 0.6) is 5.75 Å². The minimum atomic E-state index is 0.219. The van der Waals surface area contributed by atoms with Crippen LogP contribution < -0.4 is 16.0 Å². The topological polar surface area (TPSA) is 47.3 Å². The summed E-state index contributed by atoms with van der Waals surface area (Å²) in [5, 5.41) is 0. The maximum absolute atomic E-state index is 5.70. The third-order valence-corrected chi connectivity index (χ3v) is 2.90. The molecule has 3 nitrogen and oxygen atoms in total. The first-order valence-electron chi connectivity index (χ1n) is 6.40. The second kappa shape index (κ2) is 8.09. The zero-order chi connectivity index (χ0) is 12.5. The fourth-order valence-electron chi connectivity index (χ4n) is 1.99. The molecular weight excluding hydrogens is 212 g/mol. The molecule has 0 aliphatic heterocycles. The summed E-state index contributed by atoms with van der Waals surface area (Å²) in [6.45, 7) is 5.09. The summed E-state index contributed by atoms with van der Waals surface area (Å²) in [4.78, 5) is 0. The molecule has 0 saturated heterocycles. The Hall–Kier alpha value is -1.06. The van der Waals surface area contributed by atoms with Gasteiger partial charge < -0.3 is 4.74 Å². The second-order valence-corrected chi connectivity index (χ2v) is 4.62. The minimum absolute atomic E-state index is 0.219. The number of rotatable bonds is 8. The van der Waals surface area contributed by atoms with Crippen molar-refractivity contribution < 1.29 is 4.74 Å². The van der Waals surface area contributed by atoms with E-state index >= 15 is 0 Å². The number of nitrogens with one attached hydrogen (secondary N) is 1. The van der Waals surface area contributed by atoms with Gasteiger partial charge in [0.25, 0.3) is 0 Å². The lowest BCUT2D eigenvalue weighted by Crippen LogP contribution is -2.40. The molecule has 3 N–H and O–H groups in total. The number of hydrazine groups is 1. The van der Waals surface area contributed by atoms with E-state index in [0.717, 1.165) is 12.2 Å². The van der Waals surface area contributed by atoms with Crippen LogP contribution in [-0.4, -0.2) is 12.6 Å². The van der Waals surface area contributed by atoms with Gasteiger partial charge in [-0.25, -0.2) is 0 Å². The first kappa shape index (κ1) is 14.0. The molecule has 17 heavy (non-hydrogen) atoms. The third kappa shape index (κ3) is 5.71. The van der Waals surface area contributed by atoms with Crippen LogP contribution >= 0.6 is 0 Å². The molecule has 0 aromatic heterocycles. The lowest BCUT2D eigenvalue weighted by atomic mass is 9.98. The van der Waals surface area contributed by atoms with Gasteiger partial charge in [0.1, 0.15) is 12.4 Å². The highest BCUT2D eigenvalue weighted by atomic mass is 16.5. The highest BCUT2D eigenvalue weighted by Gasteiger charge is 2.12. The van der Waals surface area contributed by atoms with Crippen molar-refractivity contribution in [2.75, 3.05) is 6.61 Å². The minimum Gasteiger partial charge on any atom is -0.492 e. The lowest BCUT2D eigenvalue weighted by molar-refractivity contribution is 0.239. The van der Waals surface area contributed by atoms with E-state index in [1.165, 1.54) is 12.8 Å². The van der Waals surface area contributed by atoms with E-state index in [1.807, 2.05) is 30.3 Å². The van der Waals surface area contributed by atoms with Gasteiger partial charge in [-0.1, -0.05) is 44.9 Å². The van der Waals surface area contributed by atoms with E-state index < -0.39 is 0 Å². The molecule has 1 aromatic carbocycles. The monoisotopic (exact) mass is 236 g/mol. The molecule has 0 fully saturated rings. The molecule has 2 atom stereocenters. The maximum atomic E-state index is 5.70. The van der Waals surface area contributed by atoms with Gasteiger partial charge in [-0.05, 0) is 24.5 Å². The van der Waals surface area contributed by atoms with Crippen molar-refractivity contribution in [3.8, 4) is 5.75 Å². The molecule has 0 aliphatic rings. The van der Waals surface area contributed by atoms with E-state index in [1.54, 1.807) is 0 Å². The van der Waals surface area contributed by atoms with Gasteiger partial charge >= 0.3 is 0 Å². The predicted octanol–water partition coefficient (Wildman–Crippen LogP) is 2.72. The van der Waals surface area contributed by atoms with Gasteiger partial charge in [-0.3, -0.25) is 11.3 Å². The Bertz CT molecular complexity index is 290. The summed E-state index contributed by atoms with van der Waals surface area (Å²) in [6, 6.07) is 10.1. The number of benzene rings is 1. The number of ether oxygens (including phenoxy) is 1. The Kier molecular flexibility index (Phi) is 6.67. The van der Waals surface area contributed by atoms with Gasteiger partial charge in [-0.15, -0.1) is 0 Å². The molecule has 0 bridgehead atoms. The van der Waals surface area contributed by atoms with Crippen molar-refractivity contribution >= 4 is 0 Å². The number of nitrogens with two attached hydrogens (primary N) is 1.